The number of nitrogens with zero attached hydrogens (tertiary/aromatic N) is 2. The number of piperidine rings is 1. The van der Waals surface area contributed by atoms with E-state index in [1.807, 2.05) is 0 Å². The van der Waals surface area contributed by atoms with Gasteiger partial charge in [-0.2, -0.15) is 0 Å². The van der Waals surface area contributed by atoms with Gasteiger partial charge in [-0.3, -0.25) is 4.98 Å². The number of hydrogen-bond donors (Lipinski definition) is 0. The van der Waals surface area contributed by atoms with Crippen molar-refractivity contribution in [3.8, 4) is 0 Å². The van der Waals surface area contributed by atoms with E-state index in [1.54, 1.807) is 0 Å². The molecule has 0 bridgehead atoms. The minimum absolute atomic E-state index is 0.401. The first-order chi connectivity index (χ1) is 12.8. The predicted molar refractivity (Wildman–Crippen MR) is 106 cm³/mol. The molecular weight excluding hydrogens is 324 g/mol. The van der Waals surface area contributed by atoms with Gasteiger partial charge in [0.15, 0.2) is 0 Å². The van der Waals surface area contributed by atoms with Gasteiger partial charge >= 0.3 is 0 Å². The average molecular weight is 354 g/mol. The van der Waals surface area contributed by atoms with Crippen LogP contribution in [0.2, 0.25) is 0 Å². The maximum atomic E-state index is 6.35. The Morgan fingerprint density at radius 1 is 1.08 bits per heavy atom. The van der Waals surface area contributed by atoms with E-state index < -0.39 is 0 Å². The molecule has 0 amide bonds. The normalized spacial score (nSPS) is 20.0. The Morgan fingerprint density at radius 3 is 2.58 bits per heavy atom. The first-order valence-electron chi connectivity index (χ1n) is 10.2. The molecule has 2 aliphatic heterocycles. The van der Waals surface area contributed by atoms with Gasteiger partial charge in [-0.25, -0.2) is 0 Å². The monoisotopic (exact) mass is 354 g/mol. The maximum Gasteiger partial charge on any atom is 0.0726 e. The highest BCUT2D eigenvalue weighted by atomic mass is 16.5. The van der Waals surface area contributed by atoms with Crippen LogP contribution in [0.4, 0.5) is 5.69 Å². The largest absolute Gasteiger partial charge is 0.381 e. The number of hydrogen-bond acceptors (Lipinski definition) is 4. The molecule has 0 radical (unpaired) electrons. The molecule has 0 N–H and O–H groups in total. The van der Waals surface area contributed by atoms with Gasteiger partial charge in [-0.15, -0.1) is 0 Å². The second kappa shape index (κ2) is 8.36. The van der Waals surface area contributed by atoms with E-state index in [0.717, 1.165) is 70.3 Å². The van der Waals surface area contributed by atoms with Crippen LogP contribution in [0, 0.1) is 0 Å². The van der Waals surface area contributed by atoms with E-state index in [9.17, 15) is 0 Å². The molecule has 0 aliphatic carbocycles. The molecule has 0 saturated carbocycles. The Kier molecular flexibility index (Phi) is 5.71. The van der Waals surface area contributed by atoms with Crippen molar-refractivity contribution in [3.63, 3.8) is 0 Å². The van der Waals surface area contributed by atoms with E-state index in [0.29, 0.717) is 12.2 Å². The van der Waals surface area contributed by atoms with E-state index in [4.69, 9.17) is 14.5 Å². The van der Waals surface area contributed by atoms with E-state index in [2.05, 4.69) is 42.2 Å². The van der Waals surface area contributed by atoms with Crippen LogP contribution >= 0.6 is 0 Å². The molecule has 2 saturated heterocycles. The second-order valence-corrected chi connectivity index (χ2v) is 7.53. The summed E-state index contributed by atoms with van der Waals surface area (Å²) in [7, 11) is 0. The third kappa shape index (κ3) is 4.02. The number of fused-ring (bicyclic) bond motifs is 1. The fourth-order valence-corrected chi connectivity index (χ4v) is 4.17. The predicted octanol–water partition coefficient (Wildman–Crippen LogP) is 4.35. The number of benzene rings is 1. The number of ether oxygens (including phenoxy) is 2. The van der Waals surface area contributed by atoms with Gasteiger partial charge in [0, 0.05) is 43.1 Å². The number of aromatic nitrogens is 1. The Morgan fingerprint density at radius 2 is 1.81 bits per heavy atom. The molecule has 140 valence electrons. The number of anilines is 1. The molecule has 3 heterocycles. The zero-order chi connectivity index (χ0) is 17.8. The number of para-hydroxylation sites is 1. The lowest BCUT2D eigenvalue weighted by molar-refractivity contribution is -0.0743. The molecule has 2 aromatic rings. The van der Waals surface area contributed by atoms with Gasteiger partial charge in [0.1, 0.15) is 0 Å². The molecule has 0 spiro atoms. The fourth-order valence-electron chi connectivity index (χ4n) is 4.17. The molecule has 2 fully saturated rings. The molecule has 1 aromatic heterocycles. The summed E-state index contributed by atoms with van der Waals surface area (Å²) in [5.74, 6) is 0. The summed E-state index contributed by atoms with van der Waals surface area (Å²) in [4.78, 5) is 7.38. The van der Waals surface area contributed by atoms with Crippen molar-refractivity contribution in [3.05, 3.63) is 36.0 Å². The average Bonchev–Trinajstić information content (AvgIpc) is 2.69. The standard InChI is InChI=1S/C22H30N2O2/c1-2-5-17-16-22(20-6-3-4-7-21(20)23-17)24-12-8-18(9-13-24)26-19-10-14-25-15-11-19/h3-4,6-7,16,18-19H,2,5,8-15H2,1H3. The minimum Gasteiger partial charge on any atom is -0.381 e. The Labute approximate surface area is 156 Å². The summed E-state index contributed by atoms with van der Waals surface area (Å²) in [6.45, 7) is 6.05. The van der Waals surface area contributed by atoms with Gasteiger partial charge < -0.3 is 14.4 Å². The van der Waals surface area contributed by atoms with Crippen molar-refractivity contribution in [1.29, 1.82) is 0 Å². The summed E-state index contributed by atoms with van der Waals surface area (Å²) < 4.78 is 11.8. The molecular formula is C22H30N2O2. The van der Waals surface area contributed by atoms with Gasteiger partial charge in [-0.1, -0.05) is 31.5 Å². The smallest absolute Gasteiger partial charge is 0.0726 e. The third-order valence-electron chi connectivity index (χ3n) is 5.59. The Bertz CT molecular complexity index is 719. The second-order valence-electron chi connectivity index (χ2n) is 7.53. The Balaban J connectivity index is 1.46. The van der Waals surface area contributed by atoms with Gasteiger partial charge in [0.25, 0.3) is 0 Å². The number of pyridine rings is 1. The van der Waals surface area contributed by atoms with Gasteiger partial charge in [0.05, 0.1) is 17.7 Å². The minimum atomic E-state index is 0.401. The summed E-state index contributed by atoms with van der Waals surface area (Å²) in [6.07, 6.45) is 7.29. The maximum absolute atomic E-state index is 6.35. The molecule has 26 heavy (non-hydrogen) atoms. The molecule has 2 aliphatic rings. The quantitative estimate of drug-likeness (QED) is 0.799. The van der Waals surface area contributed by atoms with Crippen LogP contribution in [0.15, 0.2) is 30.3 Å². The van der Waals surface area contributed by atoms with E-state index >= 15 is 0 Å². The highest BCUT2D eigenvalue weighted by molar-refractivity contribution is 5.92. The highest BCUT2D eigenvalue weighted by Gasteiger charge is 2.25. The summed E-state index contributed by atoms with van der Waals surface area (Å²) >= 11 is 0. The summed E-state index contributed by atoms with van der Waals surface area (Å²) in [5.41, 5.74) is 3.68. The molecule has 4 nitrogen and oxygen atoms in total. The third-order valence-corrected chi connectivity index (χ3v) is 5.59. The van der Waals surface area contributed by atoms with Crippen molar-refractivity contribution in [1.82, 2.24) is 4.98 Å². The summed E-state index contributed by atoms with van der Waals surface area (Å²) in [6, 6.07) is 10.9. The lowest BCUT2D eigenvalue weighted by atomic mass is 10.0. The molecule has 1 aromatic carbocycles. The lowest BCUT2D eigenvalue weighted by Crippen LogP contribution is -2.39. The molecule has 4 heteroatoms. The van der Waals surface area contributed by atoms with Crippen LogP contribution in [0.25, 0.3) is 10.9 Å². The van der Waals surface area contributed by atoms with Crippen molar-refractivity contribution in [2.75, 3.05) is 31.2 Å². The zero-order valence-corrected chi connectivity index (χ0v) is 15.8. The van der Waals surface area contributed by atoms with Crippen LogP contribution in [-0.4, -0.2) is 43.5 Å². The fraction of sp³-hybridized carbons (Fsp3) is 0.591. The first-order valence-corrected chi connectivity index (χ1v) is 10.2. The first kappa shape index (κ1) is 17.7. The van der Waals surface area contributed by atoms with Gasteiger partial charge in [-0.05, 0) is 44.2 Å². The van der Waals surface area contributed by atoms with E-state index in [1.165, 1.54) is 16.8 Å². The van der Waals surface area contributed by atoms with Crippen LogP contribution < -0.4 is 4.90 Å². The lowest BCUT2D eigenvalue weighted by Gasteiger charge is -2.36. The van der Waals surface area contributed by atoms with Crippen molar-refractivity contribution in [2.24, 2.45) is 0 Å². The summed E-state index contributed by atoms with van der Waals surface area (Å²) in [5, 5.41) is 1.27. The highest BCUT2D eigenvalue weighted by Crippen LogP contribution is 2.30. The molecule has 0 atom stereocenters. The number of aryl methyl sites for hydroxylation is 1. The molecule has 0 unspecified atom stereocenters. The SMILES string of the molecule is CCCc1cc(N2CCC(OC3CCOCC3)CC2)c2ccccc2n1. The Hall–Kier alpha value is -1.65. The van der Waals surface area contributed by atoms with Crippen LogP contribution in [0.3, 0.4) is 0 Å². The van der Waals surface area contributed by atoms with Crippen LogP contribution in [0.5, 0.6) is 0 Å². The van der Waals surface area contributed by atoms with Crippen molar-refractivity contribution < 1.29 is 9.47 Å². The van der Waals surface area contributed by atoms with Crippen LogP contribution in [0.1, 0.15) is 44.7 Å². The van der Waals surface area contributed by atoms with Gasteiger partial charge in [0.2, 0.25) is 0 Å². The van der Waals surface area contributed by atoms with E-state index in [-0.39, 0.29) is 0 Å². The van der Waals surface area contributed by atoms with Crippen molar-refractivity contribution in [2.45, 2.75) is 57.7 Å². The van der Waals surface area contributed by atoms with Crippen molar-refractivity contribution >= 4 is 16.6 Å². The van der Waals surface area contributed by atoms with Crippen LogP contribution in [-0.2, 0) is 15.9 Å². The topological polar surface area (TPSA) is 34.6 Å². The number of rotatable bonds is 5. The molecule has 4 rings (SSSR count). The zero-order valence-electron chi connectivity index (χ0n) is 15.8.